The van der Waals surface area contributed by atoms with Crippen LogP contribution in [0.25, 0.3) is 22.5 Å². The molecule has 3 aromatic carbocycles. The third kappa shape index (κ3) is 3.27. The lowest BCUT2D eigenvalue weighted by molar-refractivity contribution is 0.626. The van der Waals surface area contributed by atoms with Crippen molar-refractivity contribution in [1.29, 1.82) is 0 Å². The fourth-order valence-corrected chi connectivity index (χ4v) is 3.97. The minimum atomic E-state index is -0.324. The zero-order chi connectivity index (χ0) is 20.5. The number of halogens is 1. The molecule has 0 bridgehead atoms. The molecule has 8 heteroatoms. The molecule has 2 heterocycles. The molecule has 0 unspecified atom stereocenters. The largest absolute Gasteiger partial charge is 0.288 e. The second-order valence-corrected chi connectivity index (χ2v) is 7.48. The lowest BCUT2D eigenvalue weighted by Crippen LogP contribution is -2.22. The highest BCUT2D eigenvalue weighted by Gasteiger charge is 2.19. The van der Waals surface area contributed by atoms with Crippen LogP contribution in [0.4, 0.5) is 4.39 Å². The van der Waals surface area contributed by atoms with Crippen LogP contribution in [0.2, 0.25) is 0 Å². The molecular weight excluding hydrogens is 401 g/mol. The minimum absolute atomic E-state index is 0.172. The summed E-state index contributed by atoms with van der Waals surface area (Å²) < 4.78 is 16.4. The Bertz CT molecular complexity index is 1380. The van der Waals surface area contributed by atoms with Gasteiger partial charge in [-0.3, -0.25) is 9.36 Å². The van der Waals surface area contributed by atoms with E-state index in [0.29, 0.717) is 16.5 Å². The Morgan fingerprint density at radius 2 is 1.43 bits per heavy atom. The van der Waals surface area contributed by atoms with Crippen molar-refractivity contribution in [2.24, 2.45) is 0 Å². The van der Waals surface area contributed by atoms with Gasteiger partial charge in [-0.05, 0) is 48.5 Å². The van der Waals surface area contributed by atoms with E-state index in [1.54, 1.807) is 16.8 Å². The van der Waals surface area contributed by atoms with Crippen LogP contribution >= 0.6 is 11.8 Å². The minimum Gasteiger partial charge on any atom is -0.266 e. The predicted molar refractivity (Wildman–Crippen MR) is 113 cm³/mol. The molecule has 0 fully saturated rings. The van der Waals surface area contributed by atoms with Gasteiger partial charge in [-0.25, -0.2) is 9.37 Å². The van der Waals surface area contributed by atoms with Gasteiger partial charge >= 0.3 is 0 Å². The first-order valence-electron chi connectivity index (χ1n) is 9.13. The number of aromatic nitrogens is 5. The predicted octanol–water partition coefficient (Wildman–Crippen LogP) is 4.26. The van der Waals surface area contributed by atoms with E-state index in [4.69, 9.17) is 4.98 Å². The number of hydrogen-bond acceptors (Lipinski definition) is 5. The van der Waals surface area contributed by atoms with Crippen molar-refractivity contribution in [2.45, 2.75) is 10.1 Å². The number of fused-ring (bicyclic) bond motifs is 1. The zero-order valence-electron chi connectivity index (χ0n) is 15.5. The van der Waals surface area contributed by atoms with E-state index in [1.165, 1.54) is 28.5 Å². The van der Waals surface area contributed by atoms with Crippen molar-refractivity contribution >= 4 is 22.9 Å². The second kappa shape index (κ2) is 7.57. The quantitative estimate of drug-likeness (QED) is 0.411. The van der Waals surface area contributed by atoms with Crippen molar-refractivity contribution < 1.29 is 4.39 Å². The summed E-state index contributed by atoms with van der Waals surface area (Å²) in [6.45, 7) is 0. The summed E-state index contributed by atoms with van der Waals surface area (Å²) in [7, 11) is 0. The number of rotatable bonds is 4. The Balaban J connectivity index is 1.75. The van der Waals surface area contributed by atoms with Gasteiger partial charge in [0.25, 0.3) is 5.56 Å². The summed E-state index contributed by atoms with van der Waals surface area (Å²) in [6.07, 6.45) is 0. The van der Waals surface area contributed by atoms with Gasteiger partial charge in [0.2, 0.25) is 0 Å². The van der Waals surface area contributed by atoms with E-state index in [2.05, 4.69) is 10.3 Å². The standard InChI is InChI=1S/C22H14FN5OS/c23-15-11-13-18(14-12-15)30-22-24-20-19(21(29)27(22)16-7-3-1-4-8-16)25-26-28(20)17-9-5-2-6-10-17/h1-14H. The molecule has 0 amide bonds. The first-order chi connectivity index (χ1) is 14.7. The van der Waals surface area contributed by atoms with E-state index in [-0.39, 0.29) is 16.9 Å². The Morgan fingerprint density at radius 1 is 0.800 bits per heavy atom. The zero-order valence-corrected chi connectivity index (χ0v) is 16.3. The molecule has 0 radical (unpaired) electrons. The maximum atomic E-state index is 13.4. The molecule has 0 spiro atoms. The van der Waals surface area contributed by atoms with Gasteiger partial charge in [0.15, 0.2) is 16.3 Å². The Hall–Kier alpha value is -3.78. The third-order valence-electron chi connectivity index (χ3n) is 4.48. The van der Waals surface area contributed by atoms with Crippen LogP contribution in [-0.2, 0) is 0 Å². The van der Waals surface area contributed by atoms with Crippen molar-refractivity contribution in [3.8, 4) is 11.4 Å². The maximum Gasteiger partial charge on any atom is 0.288 e. The average Bonchev–Trinajstić information content (AvgIpc) is 3.21. The molecule has 0 aliphatic heterocycles. The summed E-state index contributed by atoms with van der Waals surface area (Å²) >= 11 is 1.27. The van der Waals surface area contributed by atoms with Crippen molar-refractivity contribution in [2.75, 3.05) is 0 Å². The van der Waals surface area contributed by atoms with E-state index in [9.17, 15) is 9.18 Å². The molecule has 0 saturated carbocycles. The van der Waals surface area contributed by atoms with Crippen LogP contribution < -0.4 is 5.56 Å². The fourth-order valence-electron chi connectivity index (χ4n) is 3.07. The lowest BCUT2D eigenvalue weighted by Gasteiger charge is -2.12. The fraction of sp³-hybridized carbons (Fsp3) is 0. The smallest absolute Gasteiger partial charge is 0.266 e. The summed E-state index contributed by atoms with van der Waals surface area (Å²) in [5.41, 5.74) is 1.63. The van der Waals surface area contributed by atoms with Crippen molar-refractivity contribution in [1.82, 2.24) is 24.5 Å². The molecule has 5 aromatic rings. The molecule has 5 rings (SSSR count). The van der Waals surface area contributed by atoms with Crippen molar-refractivity contribution in [3.63, 3.8) is 0 Å². The second-order valence-electron chi connectivity index (χ2n) is 6.44. The topological polar surface area (TPSA) is 65.6 Å². The summed E-state index contributed by atoms with van der Waals surface area (Å²) in [5, 5.41) is 8.69. The Kier molecular flexibility index (Phi) is 4.61. The third-order valence-corrected chi connectivity index (χ3v) is 5.45. The van der Waals surface area contributed by atoms with Crippen LogP contribution in [0.3, 0.4) is 0 Å². The number of hydrogen-bond donors (Lipinski definition) is 0. The van der Waals surface area contributed by atoms with Crippen LogP contribution in [0, 0.1) is 5.82 Å². The summed E-state index contributed by atoms with van der Waals surface area (Å²) in [4.78, 5) is 18.9. The van der Waals surface area contributed by atoms with Gasteiger partial charge < -0.3 is 0 Å². The van der Waals surface area contributed by atoms with Gasteiger partial charge in [0, 0.05) is 4.90 Å². The normalized spacial score (nSPS) is 11.1. The van der Waals surface area contributed by atoms with Crippen LogP contribution in [0.5, 0.6) is 0 Å². The summed E-state index contributed by atoms with van der Waals surface area (Å²) in [6, 6.07) is 24.7. The molecule has 0 N–H and O–H groups in total. The lowest BCUT2D eigenvalue weighted by atomic mass is 10.3. The van der Waals surface area contributed by atoms with Gasteiger partial charge in [-0.1, -0.05) is 53.4 Å². The molecule has 0 aliphatic rings. The first kappa shape index (κ1) is 18.3. The van der Waals surface area contributed by atoms with E-state index in [0.717, 1.165) is 10.6 Å². The molecule has 30 heavy (non-hydrogen) atoms. The SMILES string of the molecule is O=c1c2nnn(-c3ccccc3)c2nc(Sc2ccc(F)cc2)n1-c1ccccc1. The van der Waals surface area contributed by atoms with Crippen LogP contribution in [0.1, 0.15) is 0 Å². The average molecular weight is 415 g/mol. The molecular formula is C22H14FN5OS. The molecule has 2 aromatic heterocycles. The monoisotopic (exact) mass is 415 g/mol. The van der Waals surface area contributed by atoms with Crippen LogP contribution in [-0.4, -0.2) is 24.5 Å². The Labute approximate surface area is 174 Å². The maximum absolute atomic E-state index is 13.4. The van der Waals surface area contributed by atoms with Crippen molar-refractivity contribution in [3.05, 3.63) is 101 Å². The number of para-hydroxylation sites is 2. The summed E-state index contributed by atoms with van der Waals surface area (Å²) in [5.74, 6) is -0.324. The highest BCUT2D eigenvalue weighted by atomic mass is 32.2. The highest BCUT2D eigenvalue weighted by Crippen LogP contribution is 2.28. The molecule has 0 saturated heterocycles. The first-order valence-corrected chi connectivity index (χ1v) is 9.95. The van der Waals surface area contributed by atoms with E-state index >= 15 is 0 Å². The van der Waals surface area contributed by atoms with Gasteiger partial charge in [-0.15, -0.1) is 5.10 Å². The van der Waals surface area contributed by atoms with Crippen LogP contribution in [0.15, 0.2) is 99.8 Å². The molecule has 6 nitrogen and oxygen atoms in total. The number of nitrogens with zero attached hydrogens (tertiary/aromatic N) is 5. The molecule has 0 aliphatic carbocycles. The Morgan fingerprint density at radius 3 is 2.10 bits per heavy atom. The highest BCUT2D eigenvalue weighted by molar-refractivity contribution is 7.99. The van der Waals surface area contributed by atoms with Gasteiger partial charge in [0.05, 0.1) is 11.4 Å². The van der Waals surface area contributed by atoms with Gasteiger partial charge in [0.1, 0.15) is 5.82 Å². The molecule has 146 valence electrons. The number of benzene rings is 3. The van der Waals surface area contributed by atoms with Gasteiger partial charge in [-0.2, -0.15) is 4.68 Å². The van der Waals surface area contributed by atoms with E-state index < -0.39 is 0 Å². The van der Waals surface area contributed by atoms with E-state index in [1.807, 2.05) is 60.7 Å². The molecule has 0 atom stereocenters.